The summed E-state index contributed by atoms with van der Waals surface area (Å²) < 4.78 is 16.0. The van der Waals surface area contributed by atoms with Crippen molar-refractivity contribution < 1.29 is 4.39 Å². The van der Waals surface area contributed by atoms with Gasteiger partial charge in [0.2, 0.25) is 0 Å². The predicted molar refractivity (Wildman–Crippen MR) is 78.2 cm³/mol. The van der Waals surface area contributed by atoms with Crippen LogP contribution in [0, 0.1) is 5.82 Å². The van der Waals surface area contributed by atoms with E-state index in [9.17, 15) is 4.39 Å². The summed E-state index contributed by atoms with van der Waals surface area (Å²) in [5, 5.41) is 11.4. The summed E-state index contributed by atoms with van der Waals surface area (Å²) in [4.78, 5) is 4.32. The van der Waals surface area contributed by atoms with Gasteiger partial charge in [-0.05, 0) is 24.3 Å². The number of nitrogens with one attached hydrogen (secondary N) is 1. The van der Waals surface area contributed by atoms with Gasteiger partial charge in [0.25, 0.3) is 0 Å². The average molecular weight is 281 g/mol. The first kappa shape index (κ1) is 12.0. The SMILES string of the molecule is Fc1cccc(-n2nnc3ccccc32)c1C1=NCCN1. The third kappa shape index (κ3) is 1.87. The van der Waals surface area contributed by atoms with Crippen molar-refractivity contribution in [2.45, 2.75) is 0 Å². The van der Waals surface area contributed by atoms with Gasteiger partial charge in [0, 0.05) is 6.54 Å². The second kappa shape index (κ2) is 4.66. The maximum absolute atomic E-state index is 14.3. The smallest absolute Gasteiger partial charge is 0.136 e. The lowest BCUT2D eigenvalue weighted by Crippen LogP contribution is -2.23. The largest absolute Gasteiger partial charge is 0.368 e. The maximum atomic E-state index is 14.3. The predicted octanol–water partition coefficient (Wildman–Crippen LogP) is 1.91. The average Bonchev–Trinajstić information content (AvgIpc) is 3.16. The van der Waals surface area contributed by atoms with Crippen LogP contribution in [-0.2, 0) is 0 Å². The van der Waals surface area contributed by atoms with E-state index in [0.29, 0.717) is 23.6 Å². The standard InChI is InChI=1S/C15H12FN5/c16-10-4-3-7-13(14(10)15-17-8-9-18-15)21-12-6-2-1-5-11(12)19-20-21/h1-7H,8-9H2,(H,17,18). The highest BCUT2D eigenvalue weighted by Gasteiger charge is 2.20. The maximum Gasteiger partial charge on any atom is 0.136 e. The lowest BCUT2D eigenvalue weighted by Gasteiger charge is -2.11. The fraction of sp³-hybridized carbons (Fsp3) is 0.133. The topological polar surface area (TPSA) is 55.1 Å². The molecule has 0 unspecified atom stereocenters. The van der Waals surface area contributed by atoms with Crippen LogP contribution in [0.2, 0.25) is 0 Å². The Morgan fingerprint density at radius 2 is 2.00 bits per heavy atom. The molecule has 0 amide bonds. The number of benzene rings is 2. The summed E-state index contributed by atoms with van der Waals surface area (Å²) in [6.45, 7) is 1.38. The van der Waals surface area contributed by atoms with Gasteiger partial charge in [-0.2, -0.15) is 0 Å². The van der Waals surface area contributed by atoms with Crippen LogP contribution in [-0.4, -0.2) is 33.9 Å². The quantitative estimate of drug-likeness (QED) is 0.780. The van der Waals surface area contributed by atoms with Crippen molar-refractivity contribution in [1.82, 2.24) is 20.3 Å². The summed E-state index contributed by atoms with van der Waals surface area (Å²) >= 11 is 0. The van der Waals surface area contributed by atoms with Gasteiger partial charge in [-0.3, -0.25) is 4.99 Å². The van der Waals surface area contributed by atoms with Crippen molar-refractivity contribution in [1.29, 1.82) is 0 Å². The minimum atomic E-state index is -0.319. The molecule has 2 heterocycles. The highest BCUT2D eigenvalue weighted by molar-refractivity contribution is 6.03. The van der Waals surface area contributed by atoms with Crippen LogP contribution < -0.4 is 5.32 Å². The molecule has 1 aliphatic heterocycles. The highest BCUT2D eigenvalue weighted by atomic mass is 19.1. The highest BCUT2D eigenvalue weighted by Crippen LogP contribution is 2.22. The Labute approximate surface area is 120 Å². The number of hydrogen-bond donors (Lipinski definition) is 1. The van der Waals surface area contributed by atoms with Crippen LogP contribution in [0.4, 0.5) is 4.39 Å². The van der Waals surface area contributed by atoms with E-state index in [0.717, 1.165) is 17.6 Å². The zero-order valence-electron chi connectivity index (χ0n) is 11.1. The first-order chi connectivity index (χ1) is 10.3. The number of halogens is 1. The molecule has 0 saturated carbocycles. The van der Waals surface area contributed by atoms with Gasteiger partial charge in [0.15, 0.2) is 0 Å². The molecule has 0 spiro atoms. The molecule has 0 radical (unpaired) electrons. The van der Waals surface area contributed by atoms with E-state index in [1.807, 2.05) is 30.3 Å². The van der Waals surface area contributed by atoms with E-state index < -0.39 is 0 Å². The molecule has 3 aromatic rings. The second-order valence-corrected chi connectivity index (χ2v) is 4.78. The van der Waals surface area contributed by atoms with Gasteiger partial charge in [0.1, 0.15) is 17.2 Å². The lowest BCUT2D eigenvalue weighted by molar-refractivity contribution is 0.621. The fourth-order valence-electron chi connectivity index (χ4n) is 2.54. The minimum Gasteiger partial charge on any atom is -0.368 e. The van der Waals surface area contributed by atoms with Crippen LogP contribution in [0.25, 0.3) is 16.7 Å². The van der Waals surface area contributed by atoms with E-state index in [-0.39, 0.29) is 5.82 Å². The van der Waals surface area contributed by atoms with Crippen LogP contribution in [0.3, 0.4) is 0 Å². The van der Waals surface area contributed by atoms with Crippen molar-refractivity contribution in [2.75, 3.05) is 13.1 Å². The molecule has 2 aromatic carbocycles. The number of fused-ring (bicyclic) bond motifs is 1. The van der Waals surface area contributed by atoms with E-state index in [1.165, 1.54) is 6.07 Å². The number of hydrogen-bond acceptors (Lipinski definition) is 4. The minimum absolute atomic E-state index is 0.319. The molecule has 6 heteroatoms. The van der Waals surface area contributed by atoms with Gasteiger partial charge < -0.3 is 5.32 Å². The molecular weight excluding hydrogens is 269 g/mol. The number of rotatable bonds is 2. The van der Waals surface area contributed by atoms with Crippen LogP contribution >= 0.6 is 0 Å². The molecule has 5 nitrogen and oxygen atoms in total. The Morgan fingerprint density at radius 1 is 1.10 bits per heavy atom. The van der Waals surface area contributed by atoms with Gasteiger partial charge in [0.05, 0.1) is 23.3 Å². The van der Waals surface area contributed by atoms with Gasteiger partial charge >= 0.3 is 0 Å². The van der Waals surface area contributed by atoms with Crippen molar-refractivity contribution >= 4 is 16.9 Å². The zero-order chi connectivity index (χ0) is 14.2. The number of amidine groups is 1. The van der Waals surface area contributed by atoms with E-state index >= 15 is 0 Å². The Hall–Kier alpha value is -2.76. The Bertz CT molecular complexity index is 852. The fourth-order valence-corrected chi connectivity index (χ4v) is 2.54. The Morgan fingerprint density at radius 3 is 2.86 bits per heavy atom. The molecule has 0 atom stereocenters. The van der Waals surface area contributed by atoms with E-state index in [2.05, 4.69) is 20.6 Å². The molecule has 0 saturated heterocycles. The summed E-state index contributed by atoms with van der Waals surface area (Å²) in [5.41, 5.74) is 2.68. The van der Waals surface area contributed by atoms with Crippen LogP contribution in [0.1, 0.15) is 5.56 Å². The summed E-state index contributed by atoms with van der Waals surface area (Å²) in [5.74, 6) is 0.253. The molecule has 21 heavy (non-hydrogen) atoms. The Balaban J connectivity index is 1.98. The number of aliphatic imine (C=N–C) groups is 1. The third-order valence-corrected chi connectivity index (χ3v) is 3.48. The molecule has 4 rings (SSSR count). The lowest BCUT2D eigenvalue weighted by atomic mass is 10.1. The van der Waals surface area contributed by atoms with Crippen molar-refractivity contribution in [3.8, 4) is 5.69 Å². The molecular formula is C15H12FN5. The molecule has 0 fully saturated rings. The van der Waals surface area contributed by atoms with E-state index in [4.69, 9.17) is 0 Å². The first-order valence-corrected chi connectivity index (χ1v) is 6.72. The van der Waals surface area contributed by atoms with Crippen molar-refractivity contribution in [2.24, 2.45) is 4.99 Å². The molecule has 0 aliphatic carbocycles. The summed E-state index contributed by atoms with van der Waals surface area (Å²) in [6, 6.07) is 12.5. The van der Waals surface area contributed by atoms with Crippen molar-refractivity contribution in [3.05, 3.63) is 53.8 Å². The van der Waals surface area contributed by atoms with Crippen LogP contribution in [0.15, 0.2) is 47.5 Å². The van der Waals surface area contributed by atoms with Gasteiger partial charge in [-0.1, -0.05) is 23.4 Å². The molecule has 1 N–H and O–H groups in total. The monoisotopic (exact) mass is 281 g/mol. The number of para-hydroxylation sites is 1. The Kier molecular flexibility index (Phi) is 2.67. The summed E-state index contributed by atoms with van der Waals surface area (Å²) in [6.07, 6.45) is 0. The zero-order valence-corrected chi connectivity index (χ0v) is 11.1. The van der Waals surface area contributed by atoms with E-state index in [1.54, 1.807) is 10.7 Å². The number of nitrogens with zero attached hydrogens (tertiary/aromatic N) is 4. The molecule has 104 valence electrons. The van der Waals surface area contributed by atoms with Crippen LogP contribution in [0.5, 0.6) is 0 Å². The van der Waals surface area contributed by atoms with Gasteiger partial charge in [-0.25, -0.2) is 9.07 Å². The molecule has 0 bridgehead atoms. The van der Waals surface area contributed by atoms with Crippen molar-refractivity contribution in [3.63, 3.8) is 0 Å². The first-order valence-electron chi connectivity index (χ1n) is 6.72. The molecule has 1 aliphatic rings. The third-order valence-electron chi connectivity index (χ3n) is 3.48. The number of aromatic nitrogens is 3. The summed E-state index contributed by atoms with van der Waals surface area (Å²) in [7, 11) is 0. The van der Waals surface area contributed by atoms with Gasteiger partial charge in [-0.15, -0.1) is 5.10 Å². The second-order valence-electron chi connectivity index (χ2n) is 4.78. The molecule has 1 aromatic heterocycles. The normalized spacial score (nSPS) is 14.2.